The average molecular weight is 517 g/mol. The van der Waals surface area contributed by atoms with Gasteiger partial charge in [0.25, 0.3) is 16.6 Å². The number of hydrogen-bond donors (Lipinski definition) is 0. The molecule has 192 valence electrons. The van der Waals surface area contributed by atoms with Crippen LogP contribution in [0.4, 0.5) is 0 Å². The minimum absolute atomic E-state index is 0.0465. The largest absolute Gasteiger partial charge is 0.518 e. The molecule has 0 aromatic rings. The number of hydrogen-bond acceptors (Lipinski definition) is 6. The molecule has 0 saturated heterocycles. The molecule has 3 atom stereocenters. The van der Waals surface area contributed by atoms with Crippen molar-refractivity contribution < 1.29 is 27.3 Å². The third-order valence-corrected chi connectivity index (χ3v) is 21.6. The molecule has 0 aliphatic heterocycles. The summed E-state index contributed by atoms with van der Waals surface area (Å²) in [5, 5.41) is -0.293. The number of rotatable bonds is 7. The summed E-state index contributed by atoms with van der Waals surface area (Å²) < 4.78 is 24.5. The Morgan fingerprint density at radius 3 is 1.45 bits per heavy atom. The van der Waals surface area contributed by atoms with Crippen molar-refractivity contribution in [2.45, 2.75) is 109 Å². The fraction of sp³-hybridized carbons (Fsp3) is 0.917. The maximum atomic E-state index is 14.1. The highest BCUT2D eigenvalue weighted by molar-refractivity contribution is 6.76. The first-order valence-electron chi connectivity index (χ1n) is 12.3. The van der Waals surface area contributed by atoms with E-state index in [1.54, 1.807) is 14.2 Å². The van der Waals surface area contributed by atoms with E-state index in [9.17, 15) is 9.59 Å². The summed E-state index contributed by atoms with van der Waals surface area (Å²) in [5.41, 5.74) is -1.23. The third kappa shape index (κ3) is 4.94. The van der Waals surface area contributed by atoms with E-state index >= 15 is 0 Å². The second kappa shape index (κ2) is 8.87. The first kappa shape index (κ1) is 28.7. The maximum Gasteiger partial charge on any atom is 0.337 e. The summed E-state index contributed by atoms with van der Waals surface area (Å²) in [5.74, 6) is -0.651. The van der Waals surface area contributed by atoms with E-state index in [0.717, 1.165) is 12.8 Å². The molecule has 2 aliphatic rings. The van der Waals surface area contributed by atoms with Gasteiger partial charge in [-0.15, -0.1) is 0 Å². The van der Waals surface area contributed by atoms with Crippen molar-refractivity contribution in [2.75, 3.05) is 14.2 Å². The molecule has 33 heavy (non-hydrogen) atoms. The minimum atomic E-state index is -2.58. The molecule has 2 bridgehead atoms. The topological polar surface area (TPSA) is 71.1 Å². The molecule has 0 radical (unpaired) electrons. The average Bonchev–Trinajstić information content (AvgIpc) is 3.24. The number of carbonyl (C=O) groups is 2. The molecule has 2 aliphatic carbocycles. The van der Waals surface area contributed by atoms with Crippen molar-refractivity contribution >= 4 is 37.1 Å². The zero-order valence-corrected chi connectivity index (χ0v) is 26.3. The van der Waals surface area contributed by atoms with Crippen LogP contribution in [0.5, 0.6) is 0 Å². The van der Waals surface area contributed by atoms with Gasteiger partial charge >= 0.3 is 20.5 Å². The van der Waals surface area contributed by atoms with E-state index in [1.807, 2.05) is 6.55 Å². The Balaban J connectivity index is 2.56. The van der Waals surface area contributed by atoms with Crippen LogP contribution in [0.15, 0.2) is 0 Å². The fourth-order valence-electron chi connectivity index (χ4n) is 4.93. The molecule has 0 heterocycles. The van der Waals surface area contributed by atoms with Crippen molar-refractivity contribution in [3.05, 3.63) is 0 Å². The van der Waals surface area contributed by atoms with Gasteiger partial charge in [-0.25, -0.2) is 0 Å². The normalized spacial score (nSPS) is 25.8. The summed E-state index contributed by atoms with van der Waals surface area (Å²) in [6, 6.07) is 0. The lowest BCUT2D eigenvalue weighted by molar-refractivity contribution is -0.167. The highest BCUT2D eigenvalue weighted by atomic mass is 28.4. The van der Waals surface area contributed by atoms with Crippen molar-refractivity contribution in [3.63, 3.8) is 0 Å². The van der Waals surface area contributed by atoms with E-state index in [4.69, 9.17) is 17.7 Å². The van der Waals surface area contributed by atoms with Crippen LogP contribution in [0, 0.1) is 17.3 Å². The Hall–Kier alpha value is -0.489. The summed E-state index contributed by atoms with van der Waals surface area (Å²) in [6.07, 6.45) is 2.25. The van der Waals surface area contributed by atoms with E-state index in [0.29, 0.717) is 6.42 Å². The van der Waals surface area contributed by atoms with Crippen molar-refractivity contribution in [2.24, 2.45) is 17.3 Å². The molecule has 0 N–H and O–H groups in total. The Morgan fingerprint density at radius 2 is 1.15 bits per heavy atom. The summed E-state index contributed by atoms with van der Waals surface area (Å²) in [4.78, 5) is 28.2. The van der Waals surface area contributed by atoms with Gasteiger partial charge in [0.2, 0.25) is 0 Å². The lowest BCUT2D eigenvalue weighted by Gasteiger charge is -2.46. The monoisotopic (exact) mass is 516 g/mol. The van der Waals surface area contributed by atoms with E-state index < -0.39 is 30.6 Å². The molecule has 6 nitrogen and oxygen atoms in total. The summed E-state index contributed by atoms with van der Waals surface area (Å²) in [7, 11) is -4.08. The Labute approximate surface area is 205 Å². The van der Waals surface area contributed by atoms with Gasteiger partial charge in [-0.3, -0.25) is 9.59 Å². The van der Waals surface area contributed by atoms with E-state index in [-0.39, 0.29) is 39.4 Å². The lowest BCUT2D eigenvalue weighted by atomic mass is 9.73. The first-order chi connectivity index (χ1) is 14.7. The highest BCUT2D eigenvalue weighted by Gasteiger charge is 2.70. The predicted octanol–water partition coefficient (Wildman–Crippen LogP) is 6.23. The smallest absolute Gasteiger partial charge is 0.337 e. The van der Waals surface area contributed by atoms with Crippen molar-refractivity contribution in [3.8, 4) is 0 Å². The second-order valence-electron chi connectivity index (χ2n) is 13.4. The van der Waals surface area contributed by atoms with Gasteiger partial charge < -0.3 is 17.7 Å². The molecule has 0 amide bonds. The quantitative estimate of drug-likeness (QED) is 0.295. The number of carbonyl (C=O) groups excluding carboxylic acids is 2. The van der Waals surface area contributed by atoms with Crippen LogP contribution < -0.4 is 0 Å². The Kier molecular flexibility index (Phi) is 7.73. The van der Waals surface area contributed by atoms with Crippen LogP contribution >= 0.6 is 0 Å². The van der Waals surface area contributed by atoms with Crippen LogP contribution in [0.2, 0.25) is 48.4 Å². The van der Waals surface area contributed by atoms with Gasteiger partial charge in [-0.05, 0) is 73.9 Å². The lowest BCUT2D eigenvalue weighted by Crippen LogP contribution is -2.58. The predicted molar refractivity (Wildman–Crippen MR) is 139 cm³/mol. The molecule has 0 aromatic heterocycles. The van der Waals surface area contributed by atoms with Gasteiger partial charge in [-0.1, -0.05) is 41.5 Å². The molecule has 9 heteroatoms. The van der Waals surface area contributed by atoms with E-state index in [2.05, 4.69) is 67.7 Å². The third-order valence-electron chi connectivity index (χ3n) is 9.42. The van der Waals surface area contributed by atoms with Gasteiger partial charge in [-0.2, -0.15) is 0 Å². The number of fused-ring (bicyclic) bond motifs is 2. The van der Waals surface area contributed by atoms with Crippen LogP contribution in [-0.4, -0.2) is 51.4 Å². The van der Waals surface area contributed by atoms with Gasteiger partial charge in [0.1, 0.15) is 0 Å². The van der Waals surface area contributed by atoms with Gasteiger partial charge in [0.15, 0.2) is 5.41 Å². The summed E-state index contributed by atoms with van der Waals surface area (Å²) in [6.45, 7) is 22.9. The molecular weight excluding hydrogens is 469 g/mol. The maximum absolute atomic E-state index is 14.1. The van der Waals surface area contributed by atoms with Gasteiger partial charge in [0.05, 0.1) is 0 Å². The zero-order valence-electron chi connectivity index (χ0n) is 23.3. The molecule has 3 unspecified atom stereocenters. The van der Waals surface area contributed by atoms with Crippen molar-refractivity contribution in [1.29, 1.82) is 0 Å². The fourth-order valence-corrected chi connectivity index (χ4v) is 9.52. The van der Waals surface area contributed by atoms with Crippen LogP contribution in [0.3, 0.4) is 0 Å². The SMILES string of the molecule is CO[Si](C)(OC)C1CC2CC1C(C(=O)O[Si](C)(C)C(C)(C)C)(C(=O)O[Si](C)(C)C(C)(C)C)C2. The highest BCUT2D eigenvalue weighted by Crippen LogP contribution is 2.65. The van der Waals surface area contributed by atoms with Crippen LogP contribution in [0.25, 0.3) is 0 Å². The van der Waals surface area contributed by atoms with Crippen LogP contribution in [-0.2, 0) is 27.3 Å². The minimum Gasteiger partial charge on any atom is -0.518 e. The zero-order chi connectivity index (χ0) is 25.8. The molecule has 2 fully saturated rings. The van der Waals surface area contributed by atoms with Gasteiger partial charge in [0, 0.05) is 19.8 Å². The van der Waals surface area contributed by atoms with Crippen molar-refractivity contribution in [1.82, 2.24) is 0 Å². The molecular formula is C24H48O6Si3. The van der Waals surface area contributed by atoms with E-state index in [1.165, 1.54) is 0 Å². The molecule has 0 spiro atoms. The standard InChI is InChI=1S/C24H48O6Si3/c1-22(2,3)31(9,10)29-20(25)24(21(26)30-32(11,12)23(4,5)6)16-17-14-18(24)19(15-17)33(13,27-7)28-8/h17-19H,14-16H2,1-13H3. The Morgan fingerprint density at radius 1 is 0.758 bits per heavy atom. The molecule has 2 rings (SSSR count). The second-order valence-corrected chi connectivity index (χ2v) is 26.5. The first-order valence-corrected chi connectivity index (χ1v) is 20.5. The van der Waals surface area contributed by atoms with Crippen LogP contribution in [0.1, 0.15) is 60.8 Å². The molecule has 2 saturated carbocycles. The molecule has 0 aromatic carbocycles. The summed E-state index contributed by atoms with van der Waals surface area (Å²) >= 11 is 0. The Bertz CT molecular complexity index is 721.